The van der Waals surface area contributed by atoms with E-state index in [2.05, 4.69) is 0 Å². The first kappa shape index (κ1) is 14.2. The van der Waals surface area contributed by atoms with Crippen LogP contribution >= 0.6 is 34.8 Å². The molecule has 0 atom stereocenters. The van der Waals surface area contributed by atoms with E-state index in [1.807, 2.05) is 0 Å². The van der Waals surface area contributed by atoms with Gasteiger partial charge in [0, 0.05) is 11.1 Å². The van der Waals surface area contributed by atoms with Crippen LogP contribution in [0.25, 0.3) is 0 Å². The van der Waals surface area contributed by atoms with E-state index in [0.29, 0.717) is 31.9 Å². The van der Waals surface area contributed by atoms with Gasteiger partial charge in [-0.3, -0.25) is 4.79 Å². The number of carbonyl (C=O) groups excluding carboxylic acids is 1. The Bertz CT molecular complexity index is 639. The summed E-state index contributed by atoms with van der Waals surface area (Å²) in [4.78, 5) is 12.3. The summed E-state index contributed by atoms with van der Waals surface area (Å²) in [7, 11) is 1.52. The lowest BCUT2D eigenvalue weighted by Gasteiger charge is -2.06. The van der Waals surface area contributed by atoms with Gasteiger partial charge in [0.25, 0.3) is 0 Å². The second kappa shape index (κ2) is 5.83. The predicted octanol–water partition coefficient (Wildman–Crippen LogP) is 4.89. The number of hydrogen-bond acceptors (Lipinski definition) is 2. The third-order valence-corrected chi connectivity index (χ3v) is 3.63. The van der Waals surface area contributed by atoms with E-state index in [0.717, 1.165) is 0 Å². The van der Waals surface area contributed by atoms with E-state index >= 15 is 0 Å². The van der Waals surface area contributed by atoms with Gasteiger partial charge in [0.1, 0.15) is 5.75 Å². The van der Waals surface area contributed by atoms with Crippen LogP contribution in [0.2, 0.25) is 15.1 Å². The topological polar surface area (TPSA) is 26.3 Å². The Morgan fingerprint density at radius 3 is 2.00 bits per heavy atom. The highest BCUT2D eigenvalue weighted by Crippen LogP contribution is 2.28. The first-order valence-electron chi connectivity index (χ1n) is 5.36. The van der Waals surface area contributed by atoms with Gasteiger partial charge < -0.3 is 4.74 Å². The van der Waals surface area contributed by atoms with Crippen molar-refractivity contribution in [1.29, 1.82) is 0 Å². The fourth-order valence-corrected chi connectivity index (χ4v) is 2.17. The molecule has 2 aromatic carbocycles. The molecule has 19 heavy (non-hydrogen) atoms. The second-order valence-corrected chi connectivity index (χ2v) is 5.03. The third-order valence-electron chi connectivity index (χ3n) is 2.60. The zero-order valence-corrected chi connectivity index (χ0v) is 12.2. The summed E-state index contributed by atoms with van der Waals surface area (Å²) in [6.45, 7) is 0. The van der Waals surface area contributed by atoms with E-state index in [1.54, 1.807) is 30.3 Å². The van der Waals surface area contributed by atoms with Gasteiger partial charge in [0.15, 0.2) is 5.78 Å². The molecule has 0 saturated carbocycles. The molecular formula is C14H9Cl3O2. The fraction of sp³-hybridized carbons (Fsp3) is 0.0714. The minimum absolute atomic E-state index is 0.178. The quantitative estimate of drug-likeness (QED) is 0.754. The van der Waals surface area contributed by atoms with Gasteiger partial charge in [-0.1, -0.05) is 34.8 Å². The van der Waals surface area contributed by atoms with Gasteiger partial charge in [0.05, 0.1) is 22.2 Å². The summed E-state index contributed by atoms with van der Waals surface area (Å²) in [6, 6.07) is 9.59. The molecule has 0 amide bonds. The van der Waals surface area contributed by atoms with Crippen LogP contribution in [0.15, 0.2) is 36.4 Å². The van der Waals surface area contributed by atoms with Crippen LogP contribution in [0.3, 0.4) is 0 Å². The van der Waals surface area contributed by atoms with Crippen molar-refractivity contribution in [2.75, 3.05) is 7.11 Å². The Morgan fingerprint density at radius 1 is 0.895 bits per heavy atom. The zero-order valence-electron chi connectivity index (χ0n) is 9.91. The van der Waals surface area contributed by atoms with Crippen molar-refractivity contribution in [2.24, 2.45) is 0 Å². The Hall–Kier alpha value is -1.22. The molecule has 0 aliphatic rings. The molecule has 0 radical (unpaired) electrons. The maximum absolute atomic E-state index is 12.3. The molecule has 2 nitrogen and oxygen atoms in total. The van der Waals surface area contributed by atoms with Crippen LogP contribution in [-0.4, -0.2) is 12.9 Å². The Kier molecular flexibility index (Phi) is 4.35. The summed E-state index contributed by atoms with van der Waals surface area (Å²) in [5, 5.41) is 1.13. The number of carbonyl (C=O) groups is 1. The maximum atomic E-state index is 12.3. The lowest BCUT2D eigenvalue weighted by Crippen LogP contribution is -2.01. The van der Waals surface area contributed by atoms with Gasteiger partial charge in [-0.2, -0.15) is 0 Å². The number of methoxy groups -OCH3 is 1. The van der Waals surface area contributed by atoms with Crippen LogP contribution in [-0.2, 0) is 0 Å². The molecule has 5 heteroatoms. The highest BCUT2D eigenvalue weighted by Gasteiger charge is 2.12. The van der Waals surface area contributed by atoms with E-state index in [-0.39, 0.29) is 5.78 Å². The van der Waals surface area contributed by atoms with Crippen molar-refractivity contribution in [3.8, 4) is 5.75 Å². The highest BCUT2D eigenvalue weighted by atomic mass is 35.5. The summed E-state index contributed by atoms with van der Waals surface area (Å²) in [6.07, 6.45) is 0. The number of benzene rings is 2. The normalized spacial score (nSPS) is 10.3. The first-order chi connectivity index (χ1) is 9.02. The first-order valence-corrected chi connectivity index (χ1v) is 6.49. The average Bonchev–Trinajstić information content (AvgIpc) is 2.41. The third kappa shape index (κ3) is 3.03. The molecule has 2 rings (SSSR count). The number of ketones is 1. The average molecular weight is 316 g/mol. The van der Waals surface area contributed by atoms with Crippen LogP contribution in [0.1, 0.15) is 15.9 Å². The van der Waals surface area contributed by atoms with Gasteiger partial charge in [-0.05, 0) is 36.4 Å². The minimum atomic E-state index is -0.178. The van der Waals surface area contributed by atoms with Crippen LogP contribution < -0.4 is 4.74 Å². The lowest BCUT2D eigenvalue weighted by atomic mass is 10.0. The fourth-order valence-electron chi connectivity index (χ4n) is 1.61. The molecule has 0 unspecified atom stereocenters. The molecule has 98 valence electrons. The second-order valence-electron chi connectivity index (χ2n) is 3.81. The molecule has 0 fully saturated rings. The smallest absolute Gasteiger partial charge is 0.193 e. The number of hydrogen-bond donors (Lipinski definition) is 0. The molecule has 0 aliphatic carbocycles. The molecule has 0 saturated heterocycles. The highest BCUT2D eigenvalue weighted by molar-refractivity contribution is 6.42. The number of halogens is 3. The molecular weight excluding hydrogens is 307 g/mol. The van der Waals surface area contributed by atoms with Crippen molar-refractivity contribution in [3.05, 3.63) is 62.6 Å². The van der Waals surface area contributed by atoms with E-state index in [9.17, 15) is 4.79 Å². The summed E-state index contributed by atoms with van der Waals surface area (Å²) in [5.41, 5.74) is 0.917. The molecule has 0 heterocycles. The van der Waals surface area contributed by atoms with Crippen molar-refractivity contribution < 1.29 is 9.53 Å². The molecule has 2 aromatic rings. The lowest BCUT2D eigenvalue weighted by molar-refractivity contribution is 0.103. The van der Waals surface area contributed by atoms with Gasteiger partial charge in [-0.15, -0.1) is 0 Å². The van der Waals surface area contributed by atoms with Crippen LogP contribution in [0, 0.1) is 0 Å². The molecule has 0 bridgehead atoms. The largest absolute Gasteiger partial charge is 0.495 e. The van der Waals surface area contributed by atoms with Crippen molar-refractivity contribution >= 4 is 40.6 Å². The Balaban J connectivity index is 2.38. The molecule has 0 spiro atoms. The SMILES string of the molecule is COc1ccc(C(=O)c2ccc(Cl)c(Cl)c2)cc1Cl. The summed E-state index contributed by atoms with van der Waals surface area (Å²) in [5.74, 6) is 0.343. The van der Waals surface area contributed by atoms with Crippen LogP contribution in [0.4, 0.5) is 0 Å². The van der Waals surface area contributed by atoms with Gasteiger partial charge >= 0.3 is 0 Å². The summed E-state index contributed by atoms with van der Waals surface area (Å²) >= 11 is 17.7. The van der Waals surface area contributed by atoms with Crippen molar-refractivity contribution in [3.63, 3.8) is 0 Å². The zero-order chi connectivity index (χ0) is 14.0. The number of ether oxygens (including phenoxy) is 1. The molecule has 0 N–H and O–H groups in total. The van der Waals surface area contributed by atoms with E-state index in [4.69, 9.17) is 39.5 Å². The van der Waals surface area contributed by atoms with Crippen LogP contribution in [0.5, 0.6) is 5.75 Å². The van der Waals surface area contributed by atoms with E-state index < -0.39 is 0 Å². The standard InChI is InChI=1S/C14H9Cl3O2/c1-19-13-5-3-9(7-12(13)17)14(18)8-2-4-10(15)11(16)6-8/h2-7H,1H3. The number of rotatable bonds is 3. The Labute approximate surface area is 125 Å². The Morgan fingerprint density at radius 2 is 1.47 bits per heavy atom. The molecule has 0 aliphatic heterocycles. The van der Waals surface area contributed by atoms with E-state index in [1.165, 1.54) is 13.2 Å². The van der Waals surface area contributed by atoms with Gasteiger partial charge in [0.2, 0.25) is 0 Å². The molecule has 0 aromatic heterocycles. The predicted molar refractivity (Wildman–Crippen MR) is 77.9 cm³/mol. The monoisotopic (exact) mass is 314 g/mol. The van der Waals surface area contributed by atoms with Crippen molar-refractivity contribution in [1.82, 2.24) is 0 Å². The van der Waals surface area contributed by atoms with Gasteiger partial charge in [-0.25, -0.2) is 0 Å². The van der Waals surface area contributed by atoms with Crippen molar-refractivity contribution in [2.45, 2.75) is 0 Å². The minimum Gasteiger partial charge on any atom is -0.495 e. The summed E-state index contributed by atoms with van der Waals surface area (Å²) < 4.78 is 5.04. The maximum Gasteiger partial charge on any atom is 0.193 e.